The number of sulfonamides is 1. The van der Waals surface area contributed by atoms with Crippen LogP contribution in [-0.2, 0) is 14.8 Å². The average molecular weight is 434 g/mol. The molecule has 2 aromatic carbocycles. The van der Waals surface area contributed by atoms with Crippen molar-refractivity contribution < 1.29 is 23.0 Å². The Morgan fingerprint density at radius 2 is 1.80 bits per heavy atom. The van der Waals surface area contributed by atoms with Crippen LogP contribution in [0, 0.1) is 13.8 Å². The van der Waals surface area contributed by atoms with Gasteiger partial charge in [0.25, 0.3) is 0 Å². The molecule has 4 rings (SSSR count). The van der Waals surface area contributed by atoms with Crippen molar-refractivity contribution in [3.63, 3.8) is 0 Å². The summed E-state index contributed by atoms with van der Waals surface area (Å²) in [6.07, 6.45) is -0.992. The summed E-state index contributed by atoms with van der Waals surface area (Å²) in [5.74, 6) is 0.357. The third kappa shape index (κ3) is 4.03. The Hall–Kier alpha value is -2.17. The minimum absolute atomic E-state index is 0.0480. The molecule has 30 heavy (non-hydrogen) atoms. The van der Waals surface area contributed by atoms with Crippen molar-refractivity contribution in [2.24, 2.45) is 0 Å². The Labute approximate surface area is 176 Å². The van der Waals surface area contributed by atoms with Crippen molar-refractivity contribution in [3.05, 3.63) is 47.0 Å². The van der Waals surface area contributed by atoms with Gasteiger partial charge >= 0.3 is 0 Å². The topological polar surface area (TPSA) is 114 Å². The number of nitrogens with two attached hydrogens (primary N) is 1. The number of aryl methyl sites for hydroxylation is 2. The van der Waals surface area contributed by atoms with Crippen molar-refractivity contribution in [1.29, 1.82) is 0 Å². The molecule has 162 valence electrons. The van der Waals surface area contributed by atoms with Crippen molar-refractivity contribution in [1.82, 2.24) is 9.62 Å². The molecular weight excluding hydrogens is 406 g/mol. The van der Waals surface area contributed by atoms with Gasteiger partial charge in [0.05, 0.1) is 12.5 Å². The molecule has 8 nitrogen and oxygen atoms in total. The first kappa shape index (κ1) is 21.1. The van der Waals surface area contributed by atoms with Crippen LogP contribution in [-0.4, -0.2) is 56.9 Å². The Balaban J connectivity index is 1.80. The van der Waals surface area contributed by atoms with Crippen LogP contribution in [0.3, 0.4) is 0 Å². The quantitative estimate of drug-likeness (QED) is 0.615. The van der Waals surface area contributed by atoms with E-state index in [1.165, 1.54) is 16.4 Å². The number of aliphatic hydroxyl groups excluding tert-OH is 1. The van der Waals surface area contributed by atoms with E-state index in [2.05, 4.69) is 5.32 Å². The van der Waals surface area contributed by atoms with Crippen LogP contribution in [0.5, 0.6) is 11.5 Å². The number of piperazine rings is 1. The molecule has 0 radical (unpaired) electrons. The summed E-state index contributed by atoms with van der Waals surface area (Å²) in [5.41, 5.74) is 9.17. The molecule has 4 N–H and O–H groups in total. The van der Waals surface area contributed by atoms with Crippen molar-refractivity contribution in [3.8, 4) is 11.5 Å². The Kier molecular flexibility index (Phi) is 5.73. The molecule has 2 heterocycles. The van der Waals surface area contributed by atoms with Gasteiger partial charge in [0, 0.05) is 37.9 Å². The normalized spacial score (nSPS) is 22.5. The van der Waals surface area contributed by atoms with Crippen LogP contribution < -0.4 is 15.8 Å². The highest BCUT2D eigenvalue weighted by Gasteiger charge is 2.36. The highest BCUT2D eigenvalue weighted by atomic mass is 32.2. The summed E-state index contributed by atoms with van der Waals surface area (Å²) in [7, 11) is -3.82. The fraction of sp³-hybridized carbons (Fsp3) is 0.429. The van der Waals surface area contributed by atoms with Crippen LogP contribution >= 0.6 is 0 Å². The van der Waals surface area contributed by atoms with Gasteiger partial charge in [0.1, 0.15) is 16.4 Å². The minimum atomic E-state index is -3.82. The van der Waals surface area contributed by atoms with Gasteiger partial charge in [-0.3, -0.25) is 0 Å². The lowest BCUT2D eigenvalue weighted by Gasteiger charge is -2.34. The zero-order chi connectivity index (χ0) is 21.5. The van der Waals surface area contributed by atoms with Crippen LogP contribution in [0.15, 0.2) is 35.2 Å². The number of hydrogen-bond acceptors (Lipinski definition) is 7. The van der Waals surface area contributed by atoms with Gasteiger partial charge in [-0.1, -0.05) is 6.07 Å². The molecule has 2 aliphatic rings. The first-order valence-corrected chi connectivity index (χ1v) is 11.4. The van der Waals surface area contributed by atoms with Crippen LogP contribution in [0.25, 0.3) is 0 Å². The third-order valence-electron chi connectivity index (χ3n) is 5.46. The van der Waals surface area contributed by atoms with E-state index in [9.17, 15) is 13.5 Å². The lowest BCUT2D eigenvalue weighted by molar-refractivity contribution is -0.202. The SMILES string of the molecule is Cc1cc(C)cc(Oc2cc(N)c(C3COC3O)cc2S(=O)(=O)N2CCNCC2)c1. The number of nitrogens with zero attached hydrogens (tertiary/aromatic N) is 1. The highest BCUT2D eigenvalue weighted by Crippen LogP contribution is 2.40. The lowest BCUT2D eigenvalue weighted by atomic mass is 9.94. The number of hydrogen-bond donors (Lipinski definition) is 3. The summed E-state index contributed by atoms with van der Waals surface area (Å²) in [5, 5.41) is 13.1. The first-order chi connectivity index (χ1) is 14.3. The summed E-state index contributed by atoms with van der Waals surface area (Å²) in [6.45, 7) is 6.12. The molecule has 0 spiro atoms. The molecule has 2 unspecified atom stereocenters. The summed E-state index contributed by atoms with van der Waals surface area (Å²) in [6, 6.07) is 8.78. The molecule has 0 saturated carbocycles. The Bertz CT molecular complexity index is 1030. The van der Waals surface area contributed by atoms with Gasteiger partial charge in [0.15, 0.2) is 6.29 Å². The number of nitrogens with one attached hydrogen (secondary N) is 1. The van der Waals surface area contributed by atoms with E-state index in [4.69, 9.17) is 15.2 Å². The predicted molar refractivity (Wildman–Crippen MR) is 113 cm³/mol. The van der Waals surface area contributed by atoms with Crippen LogP contribution in [0.1, 0.15) is 22.6 Å². The van der Waals surface area contributed by atoms with E-state index in [1.54, 1.807) is 0 Å². The van der Waals surface area contributed by atoms with E-state index in [0.717, 1.165) is 11.1 Å². The number of aliphatic hydroxyl groups is 1. The zero-order valence-corrected chi connectivity index (χ0v) is 17.9. The molecule has 0 aromatic heterocycles. The molecule has 2 saturated heterocycles. The fourth-order valence-corrected chi connectivity index (χ4v) is 5.43. The van der Waals surface area contributed by atoms with E-state index >= 15 is 0 Å². The summed E-state index contributed by atoms with van der Waals surface area (Å²) < 4.78 is 39.5. The maximum Gasteiger partial charge on any atom is 0.246 e. The van der Waals surface area contributed by atoms with Crippen LogP contribution in [0.2, 0.25) is 0 Å². The largest absolute Gasteiger partial charge is 0.456 e. The molecule has 0 amide bonds. The molecule has 2 fully saturated rings. The maximum atomic E-state index is 13.5. The standard InChI is InChI=1S/C21H27N3O5S/c1-13-7-14(2)9-15(8-13)29-19-11-18(22)16(17-12-28-21(17)25)10-20(19)30(26,27)24-5-3-23-4-6-24/h7-11,17,21,23,25H,3-6,12,22H2,1-2H3. The van der Waals surface area contributed by atoms with Crippen molar-refractivity contribution >= 4 is 15.7 Å². The summed E-state index contributed by atoms with van der Waals surface area (Å²) in [4.78, 5) is 0.0480. The zero-order valence-electron chi connectivity index (χ0n) is 17.1. The first-order valence-electron chi connectivity index (χ1n) is 9.96. The number of anilines is 1. The van der Waals surface area contributed by atoms with Gasteiger partial charge < -0.3 is 25.6 Å². The second-order valence-corrected chi connectivity index (χ2v) is 9.74. The summed E-state index contributed by atoms with van der Waals surface area (Å²) >= 11 is 0. The Morgan fingerprint density at radius 1 is 1.13 bits per heavy atom. The minimum Gasteiger partial charge on any atom is -0.456 e. The van der Waals surface area contributed by atoms with E-state index in [0.29, 0.717) is 43.2 Å². The lowest BCUT2D eigenvalue weighted by Crippen LogP contribution is -2.46. The van der Waals surface area contributed by atoms with Crippen molar-refractivity contribution in [2.45, 2.75) is 31.0 Å². The van der Waals surface area contributed by atoms with Gasteiger partial charge in [0.2, 0.25) is 10.0 Å². The second-order valence-electron chi connectivity index (χ2n) is 7.84. The average Bonchev–Trinajstić information content (AvgIpc) is 2.68. The van der Waals surface area contributed by atoms with Gasteiger partial charge in [-0.25, -0.2) is 8.42 Å². The predicted octanol–water partition coefficient (Wildman–Crippen LogP) is 1.70. The maximum absolute atomic E-state index is 13.5. The molecule has 2 aliphatic heterocycles. The van der Waals surface area contributed by atoms with Crippen LogP contribution in [0.4, 0.5) is 5.69 Å². The molecular formula is C21H27N3O5S. The fourth-order valence-electron chi connectivity index (χ4n) is 3.86. The van der Waals surface area contributed by atoms with E-state index in [-0.39, 0.29) is 23.2 Å². The van der Waals surface area contributed by atoms with Gasteiger partial charge in [-0.05, 0) is 48.7 Å². The monoisotopic (exact) mass is 433 g/mol. The smallest absolute Gasteiger partial charge is 0.246 e. The second kappa shape index (κ2) is 8.16. The molecule has 0 aliphatic carbocycles. The molecule has 0 bridgehead atoms. The third-order valence-corrected chi connectivity index (χ3v) is 7.38. The molecule has 2 aromatic rings. The van der Waals surface area contributed by atoms with Gasteiger partial charge in [-0.15, -0.1) is 0 Å². The number of benzene rings is 2. The molecule has 9 heteroatoms. The molecule has 2 atom stereocenters. The highest BCUT2D eigenvalue weighted by molar-refractivity contribution is 7.89. The number of nitrogen functional groups attached to an aromatic ring is 1. The number of rotatable bonds is 5. The van der Waals surface area contributed by atoms with E-state index < -0.39 is 16.3 Å². The van der Waals surface area contributed by atoms with Crippen molar-refractivity contribution in [2.75, 3.05) is 38.5 Å². The Morgan fingerprint density at radius 3 is 2.37 bits per heavy atom. The van der Waals surface area contributed by atoms with E-state index in [1.807, 2.05) is 32.0 Å². The number of ether oxygens (including phenoxy) is 2. The van der Waals surface area contributed by atoms with Gasteiger partial charge in [-0.2, -0.15) is 4.31 Å².